The van der Waals surface area contributed by atoms with Gasteiger partial charge in [0, 0.05) is 18.7 Å². The zero-order chi connectivity index (χ0) is 15.7. The van der Waals surface area contributed by atoms with Crippen molar-refractivity contribution in [1.82, 2.24) is 10.6 Å². The van der Waals surface area contributed by atoms with E-state index < -0.39 is 6.04 Å². The molecule has 1 unspecified atom stereocenters. The number of hydrogen-bond acceptors (Lipinski definition) is 3. The average molecular weight is 291 g/mol. The van der Waals surface area contributed by atoms with Crippen molar-refractivity contribution < 1.29 is 9.59 Å². The van der Waals surface area contributed by atoms with Crippen molar-refractivity contribution in [3.8, 4) is 0 Å². The maximum Gasteiger partial charge on any atom is 0.251 e. The van der Waals surface area contributed by atoms with Crippen LogP contribution in [0.5, 0.6) is 0 Å². The topological polar surface area (TPSA) is 84.2 Å². The minimum Gasteiger partial charge on any atom is -0.353 e. The smallest absolute Gasteiger partial charge is 0.251 e. The van der Waals surface area contributed by atoms with Gasteiger partial charge in [0.05, 0.1) is 6.04 Å². The van der Waals surface area contributed by atoms with Crippen molar-refractivity contribution in [3.63, 3.8) is 0 Å². The molecule has 1 atom stereocenters. The van der Waals surface area contributed by atoms with Crippen molar-refractivity contribution >= 4 is 11.8 Å². The minimum atomic E-state index is -0.460. The quantitative estimate of drug-likeness (QED) is 0.632. The van der Waals surface area contributed by atoms with E-state index in [9.17, 15) is 9.59 Å². The van der Waals surface area contributed by atoms with Gasteiger partial charge in [0.1, 0.15) is 0 Å². The maximum absolute atomic E-state index is 11.8. The normalized spacial score (nSPS) is 11.8. The van der Waals surface area contributed by atoms with Crippen molar-refractivity contribution in [2.45, 2.75) is 39.2 Å². The number of nitrogens with one attached hydrogen (secondary N) is 2. The molecule has 0 spiro atoms. The number of aryl methyl sites for hydroxylation is 1. The summed E-state index contributed by atoms with van der Waals surface area (Å²) in [5, 5.41) is 5.49. The first kappa shape index (κ1) is 17.2. The number of unbranched alkanes of at least 4 members (excludes halogenated alkanes) is 1. The van der Waals surface area contributed by atoms with Gasteiger partial charge < -0.3 is 16.4 Å². The van der Waals surface area contributed by atoms with Crippen LogP contribution in [0.2, 0.25) is 0 Å². The standard InChI is InChI=1S/C16H25N3O2/c1-3-4-5-14(17)16(21)19-11-10-18-15(20)13-8-6-12(2)7-9-13/h6-9,14H,3-5,10-11,17H2,1-2H3,(H,18,20)(H,19,21). The van der Waals surface area contributed by atoms with Crippen LogP contribution in [0.4, 0.5) is 0 Å². The summed E-state index contributed by atoms with van der Waals surface area (Å²) in [6.07, 6.45) is 2.66. The van der Waals surface area contributed by atoms with Gasteiger partial charge in [-0.25, -0.2) is 0 Å². The highest BCUT2D eigenvalue weighted by atomic mass is 16.2. The van der Waals surface area contributed by atoms with E-state index >= 15 is 0 Å². The molecule has 5 heteroatoms. The summed E-state index contributed by atoms with van der Waals surface area (Å²) in [5.41, 5.74) is 7.48. The molecule has 0 radical (unpaired) electrons. The summed E-state index contributed by atoms with van der Waals surface area (Å²) in [4.78, 5) is 23.5. The van der Waals surface area contributed by atoms with E-state index in [0.29, 0.717) is 25.1 Å². The second kappa shape index (κ2) is 9.13. The van der Waals surface area contributed by atoms with E-state index in [0.717, 1.165) is 18.4 Å². The Kier molecular flexibility index (Phi) is 7.46. The highest BCUT2D eigenvalue weighted by Gasteiger charge is 2.11. The number of hydrogen-bond donors (Lipinski definition) is 3. The molecule has 0 saturated heterocycles. The molecule has 0 aromatic heterocycles. The molecule has 5 nitrogen and oxygen atoms in total. The van der Waals surface area contributed by atoms with E-state index in [4.69, 9.17) is 5.73 Å². The molecule has 0 saturated carbocycles. The molecule has 4 N–H and O–H groups in total. The van der Waals surface area contributed by atoms with Crippen LogP contribution < -0.4 is 16.4 Å². The Bertz CT molecular complexity index is 457. The lowest BCUT2D eigenvalue weighted by atomic mass is 10.1. The summed E-state index contributed by atoms with van der Waals surface area (Å²) in [6, 6.07) is 6.89. The van der Waals surface area contributed by atoms with Gasteiger partial charge in [-0.3, -0.25) is 9.59 Å². The van der Waals surface area contributed by atoms with Gasteiger partial charge in [-0.1, -0.05) is 37.5 Å². The second-order valence-electron chi connectivity index (χ2n) is 5.16. The molecular formula is C16H25N3O2. The first-order chi connectivity index (χ1) is 10.0. The largest absolute Gasteiger partial charge is 0.353 e. The van der Waals surface area contributed by atoms with E-state index in [1.54, 1.807) is 12.1 Å². The molecule has 1 aromatic carbocycles. The number of nitrogens with two attached hydrogens (primary N) is 1. The highest BCUT2D eigenvalue weighted by molar-refractivity contribution is 5.94. The van der Waals surface area contributed by atoms with Crippen LogP contribution in [0.15, 0.2) is 24.3 Å². The zero-order valence-electron chi connectivity index (χ0n) is 12.8. The molecule has 1 aromatic rings. The Morgan fingerprint density at radius 2 is 1.76 bits per heavy atom. The predicted octanol–water partition coefficient (Wildman–Crippen LogP) is 1.36. The third-order valence-corrected chi connectivity index (χ3v) is 3.23. The Hall–Kier alpha value is -1.88. The van der Waals surface area contributed by atoms with Gasteiger partial charge in [0.25, 0.3) is 5.91 Å². The SMILES string of the molecule is CCCCC(N)C(=O)NCCNC(=O)c1ccc(C)cc1. The van der Waals surface area contributed by atoms with Crippen molar-refractivity contribution in [1.29, 1.82) is 0 Å². The lowest BCUT2D eigenvalue weighted by Gasteiger charge is -2.12. The molecule has 0 bridgehead atoms. The van der Waals surface area contributed by atoms with E-state index in [1.807, 2.05) is 19.1 Å². The predicted molar refractivity (Wildman–Crippen MR) is 84.0 cm³/mol. The first-order valence-electron chi connectivity index (χ1n) is 7.42. The molecule has 21 heavy (non-hydrogen) atoms. The van der Waals surface area contributed by atoms with E-state index in [-0.39, 0.29) is 11.8 Å². The number of rotatable bonds is 8. The second-order valence-corrected chi connectivity index (χ2v) is 5.16. The molecule has 0 aliphatic carbocycles. The third-order valence-electron chi connectivity index (χ3n) is 3.23. The summed E-state index contributed by atoms with van der Waals surface area (Å²) in [7, 11) is 0. The third kappa shape index (κ3) is 6.40. The number of benzene rings is 1. The Labute approximate surface area is 126 Å². The fourth-order valence-electron chi connectivity index (χ4n) is 1.85. The van der Waals surface area contributed by atoms with Crippen molar-refractivity contribution in [2.75, 3.05) is 13.1 Å². The highest BCUT2D eigenvalue weighted by Crippen LogP contribution is 2.02. The summed E-state index contributed by atoms with van der Waals surface area (Å²) >= 11 is 0. The molecule has 0 aliphatic rings. The van der Waals surface area contributed by atoms with Gasteiger partial charge >= 0.3 is 0 Å². The zero-order valence-corrected chi connectivity index (χ0v) is 12.8. The number of carbonyl (C=O) groups is 2. The van der Waals surface area contributed by atoms with Crippen LogP contribution >= 0.6 is 0 Å². The molecule has 0 heterocycles. The number of amides is 2. The Morgan fingerprint density at radius 1 is 1.14 bits per heavy atom. The molecule has 0 fully saturated rings. The van der Waals surface area contributed by atoms with Crippen LogP contribution in [0.25, 0.3) is 0 Å². The molecule has 2 amide bonds. The van der Waals surface area contributed by atoms with Gasteiger partial charge in [-0.2, -0.15) is 0 Å². The lowest BCUT2D eigenvalue weighted by Crippen LogP contribution is -2.43. The molecular weight excluding hydrogens is 266 g/mol. The van der Waals surface area contributed by atoms with Gasteiger partial charge in [-0.05, 0) is 25.5 Å². The monoisotopic (exact) mass is 291 g/mol. The Morgan fingerprint density at radius 3 is 2.38 bits per heavy atom. The van der Waals surface area contributed by atoms with Gasteiger partial charge in [0.2, 0.25) is 5.91 Å². The summed E-state index contributed by atoms with van der Waals surface area (Å²) in [5.74, 6) is -0.299. The van der Waals surface area contributed by atoms with E-state index in [1.165, 1.54) is 0 Å². The fourth-order valence-corrected chi connectivity index (χ4v) is 1.85. The first-order valence-corrected chi connectivity index (χ1v) is 7.42. The van der Waals surface area contributed by atoms with Crippen LogP contribution in [-0.4, -0.2) is 30.9 Å². The van der Waals surface area contributed by atoms with Gasteiger partial charge in [0.15, 0.2) is 0 Å². The minimum absolute atomic E-state index is 0.139. The summed E-state index contributed by atoms with van der Waals surface area (Å²) in [6.45, 7) is 4.80. The fraction of sp³-hybridized carbons (Fsp3) is 0.500. The van der Waals surface area contributed by atoms with Gasteiger partial charge in [-0.15, -0.1) is 0 Å². The molecule has 116 valence electrons. The van der Waals surface area contributed by atoms with Crippen LogP contribution in [0, 0.1) is 6.92 Å². The van der Waals surface area contributed by atoms with E-state index in [2.05, 4.69) is 17.6 Å². The molecule has 0 aliphatic heterocycles. The number of carbonyl (C=O) groups excluding carboxylic acids is 2. The van der Waals surface area contributed by atoms with Crippen LogP contribution in [0.1, 0.15) is 42.1 Å². The van der Waals surface area contributed by atoms with Crippen molar-refractivity contribution in [2.24, 2.45) is 5.73 Å². The maximum atomic E-state index is 11.8. The summed E-state index contributed by atoms with van der Waals surface area (Å²) < 4.78 is 0. The average Bonchev–Trinajstić information content (AvgIpc) is 2.49. The lowest BCUT2D eigenvalue weighted by molar-refractivity contribution is -0.122. The van der Waals surface area contributed by atoms with Crippen molar-refractivity contribution in [3.05, 3.63) is 35.4 Å². The van der Waals surface area contributed by atoms with Crippen LogP contribution in [0.3, 0.4) is 0 Å². The molecule has 1 rings (SSSR count). The Balaban J connectivity index is 2.23. The van der Waals surface area contributed by atoms with Crippen LogP contribution in [-0.2, 0) is 4.79 Å².